The lowest BCUT2D eigenvalue weighted by Crippen LogP contribution is -2.37. The van der Waals surface area contributed by atoms with E-state index in [1.807, 2.05) is 24.3 Å². The zero-order valence-corrected chi connectivity index (χ0v) is 19.0. The molecule has 0 bridgehead atoms. The Bertz CT molecular complexity index is 1200. The van der Waals surface area contributed by atoms with E-state index in [9.17, 15) is 26.4 Å². The molecule has 0 saturated carbocycles. The predicted molar refractivity (Wildman–Crippen MR) is 118 cm³/mol. The molecule has 1 aliphatic heterocycles. The molecule has 0 fully saturated rings. The second-order valence-corrected chi connectivity index (χ2v) is 10.1. The third-order valence-electron chi connectivity index (χ3n) is 5.85. The first-order valence-corrected chi connectivity index (χ1v) is 12.2. The Hall–Kier alpha value is -2.89. The highest BCUT2D eigenvalue weighted by atomic mass is 32.2. The van der Waals surface area contributed by atoms with Gasteiger partial charge in [0.05, 0.1) is 16.5 Å². The molecule has 2 aromatic rings. The Kier molecular flexibility index (Phi) is 6.96. The van der Waals surface area contributed by atoms with E-state index in [1.54, 1.807) is 6.08 Å². The first-order valence-electron chi connectivity index (χ1n) is 10.8. The topological polar surface area (TPSA) is 87.7 Å². The lowest BCUT2D eigenvalue weighted by molar-refractivity contribution is -0.137. The van der Waals surface area contributed by atoms with Gasteiger partial charge >= 0.3 is 6.18 Å². The van der Waals surface area contributed by atoms with Gasteiger partial charge < -0.3 is 5.32 Å². The van der Waals surface area contributed by atoms with Gasteiger partial charge in [-0.05, 0) is 48.2 Å². The standard InChI is InChI=1S/C23H24F3N3O4S/c24-23(25,26)17-5-3-6-19(14-17)34(31,32)29-12-10-18(11-13-29)28-33-15-22(30)27-21-9-8-16-4-1-2-7-20(16)21/h1-7,10,14,21,28H,8-9,11-13,15H2,(H,27,30). The van der Waals surface area contributed by atoms with E-state index in [0.29, 0.717) is 11.8 Å². The number of hydrogen-bond donors (Lipinski definition) is 2. The summed E-state index contributed by atoms with van der Waals surface area (Å²) in [5, 5.41) is 2.94. The van der Waals surface area contributed by atoms with Crippen molar-refractivity contribution in [3.63, 3.8) is 0 Å². The molecule has 182 valence electrons. The zero-order chi connectivity index (χ0) is 24.3. The van der Waals surface area contributed by atoms with Crippen molar-refractivity contribution in [3.8, 4) is 0 Å². The molecule has 0 radical (unpaired) electrons. The molecule has 11 heteroatoms. The molecule has 0 aromatic heterocycles. The average Bonchev–Trinajstić information content (AvgIpc) is 3.22. The van der Waals surface area contributed by atoms with Gasteiger partial charge in [-0.1, -0.05) is 30.3 Å². The quantitative estimate of drug-likeness (QED) is 0.576. The normalized spacial score (nSPS) is 18.8. The number of hydroxylamine groups is 1. The van der Waals surface area contributed by atoms with E-state index in [1.165, 1.54) is 5.56 Å². The Labute approximate surface area is 195 Å². The van der Waals surface area contributed by atoms with Crippen LogP contribution in [0.15, 0.2) is 65.2 Å². The molecule has 34 heavy (non-hydrogen) atoms. The van der Waals surface area contributed by atoms with Crippen molar-refractivity contribution in [1.82, 2.24) is 15.1 Å². The minimum atomic E-state index is -4.63. The van der Waals surface area contributed by atoms with Crippen molar-refractivity contribution in [2.75, 3.05) is 19.7 Å². The summed E-state index contributed by atoms with van der Waals surface area (Å²) in [5.74, 6) is -0.278. The number of nitrogens with one attached hydrogen (secondary N) is 2. The van der Waals surface area contributed by atoms with Crippen LogP contribution in [0.3, 0.4) is 0 Å². The van der Waals surface area contributed by atoms with E-state index < -0.39 is 26.7 Å². The fourth-order valence-corrected chi connectivity index (χ4v) is 5.51. The van der Waals surface area contributed by atoms with Crippen LogP contribution in [0.2, 0.25) is 0 Å². The van der Waals surface area contributed by atoms with Crippen LogP contribution in [0.5, 0.6) is 0 Å². The van der Waals surface area contributed by atoms with E-state index in [0.717, 1.165) is 40.9 Å². The number of hydrogen-bond acceptors (Lipinski definition) is 5. The minimum absolute atomic E-state index is 0.0324. The predicted octanol–water partition coefficient (Wildman–Crippen LogP) is 3.31. The molecule has 7 nitrogen and oxygen atoms in total. The highest BCUT2D eigenvalue weighted by molar-refractivity contribution is 7.89. The Morgan fingerprint density at radius 2 is 1.91 bits per heavy atom. The molecular formula is C23H24F3N3O4S. The maximum absolute atomic E-state index is 12.9. The Morgan fingerprint density at radius 1 is 1.12 bits per heavy atom. The molecule has 2 N–H and O–H groups in total. The summed E-state index contributed by atoms with van der Waals surface area (Å²) in [4.78, 5) is 17.1. The number of nitrogens with zero attached hydrogens (tertiary/aromatic N) is 1. The van der Waals surface area contributed by atoms with Crippen molar-refractivity contribution in [3.05, 3.63) is 77.0 Å². The lowest BCUT2D eigenvalue weighted by atomic mass is 10.1. The summed E-state index contributed by atoms with van der Waals surface area (Å²) in [6.07, 6.45) is -1.06. The lowest BCUT2D eigenvalue weighted by Gasteiger charge is -2.26. The number of aryl methyl sites for hydroxylation is 1. The van der Waals surface area contributed by atoms with Crippen LogP contribution in [0.25, 0.3) is 0 Å². The number of amides is 1. The first kappa shape index (κ1) is 24.2. The van der Waals surface area contributed by atoms with Crippen molar-refractivity contribution >= 4 is 15.9 Å². The summed E-state index contributed by atoms with van der Waals surface area (Å²) in [5.41, 5.74) is 4.58. The molecular weight excluding hydrogens is 471 g/mol. The van der Waals surface area contributed by atoms with E-state index in [4.69, 9.17) is 4.84 Å². The molecule has 1 atom stereocenters. The molecule has 1 unspecified atom stereocenters. The van der Waals surface area contributed by atoms with E-state index >= 15 is 0 Å². The van der Waals surface area contributed by atoms with Crippen molar-refractivity contribution in [1.29, 1.82) is 0 Å². The molecule has 1 amide bonds. The maximum atomic E-state index is 12.9. The number of alkyl halides is 3. The summed E-state index contributed by atoms with van der Waals surface area (Å²) < 4.78 is 65.4. The van der Waals surface area contributed by atoms with Gasteiger partial charge in [0.15, 0.2) is 6.61 Å². The summed E-state index contributed by atoms with van der Waals surface area (Å²) in [6.45, 7) is -0.191. The van der Waals surface area contributed by atoms with Crippen molar-refractivity contribution in [2.45, 2.75) is 36.4 Å². The molecule has 0 saturated heterocycles. The first-order chi connectivity index (χ1) is 16.1. The number of halogens is 3. The van der Waals surface area contributed by atoms with E-state index in [-0.39, 0.29) is 38.1 Å². The zero-order valence-electron chi connectivity index (χ0n) is 18.1. The largest absolute Gasteiger partial charge is 0.416 e. The molecule has 0 spiro atoms. The third kappa shape index (κ3) is 5.43. The fraction of sp³-hybridized carbons (Fsp3) is 0.348. The smallest absolute Gasteiger partial charge is 0.347 e. The van der Waals surface area contributed by atoms with Gasteiger partial charge in [-0.2, -0.15) is 17.5 Å². The van der Waals surface area contributed by atoms with Gasteiger partial charge in [0.2, 0.25) is 15.9 Å². The third-order valence-corrected chi connectivity index (χ3v) is 7.71. The van der Waals surface area contributed by atoms with Gasteiger partial charge in [0.25, 0.3) is 0 Å². The van der Waals surface area contributed by atoms with Gasteiger partial charge in [0, 0.05) is 25.2 Å². The molecule has 2 aromatic carbocycles. The number of benzene rings is 2. The van der Waals surface area contributed by atoms with Gasteiger partial charge in [-0.3, -0.25) is 15.1 Å². The van der Waals surface area contributed by atoms with Gasteiger partial charge in [-0.15, -0.1) is 0 Å². The van der Waals surface area contributed by atoms with Crippen LogP contribution < -0.4 is 10.8 Å². The molecule has 4 rings (SSSR count). The van der Waals surface area contributed by atoms with Crippen LogP contribution in [-0.2, 0) is 32.3 Å². The minimum Gasteiger partial charge on any atom is -0.347 e. The van der Waals surface area contributed by atoms with Crippen LogP contribution in [-0.4, -0.2) is 38.3 Å². The van der Waals surface area contributed by atoms with Crippen LogP contribution in [0, 0.1) is 0 Å². The van der Waals surface area contributed by atoms with Gasteiger partial charge in [-0.25, -0.2) is 8.42 Å². The van der Waals surface area contributed by atoms with Crippen LogP contribution >= 0.6 is 0 Å². The van der Waals surface area contributed by atoms with Crippen LogP contribution in [0.1, 0.15) is 35.6 Å². The number of rotatable bonds is 7. The molecule has 2 aliphatic rings. The summed E-state index contributed by atoms with van der Waals surface area (Å²) >= 11 is 0. The van der Waals surface area contributed by atoms with Crippen LogP contribution in [0.4, 0.5) is 13.2 Å². The number of sulfonamides is 1. The maximum Gasteiger partial charge on any atom is 0.416 e. The van der Waals surface area contributed by atoms with Crippen molar-refractivity contribution in [2.24, 2.45) is 0 Å². The van der Waals surface area contributed by atoms with E-state index in [2.05, 4.69) is 10.8 Å². The second kappa shape index (κ2) is 9.77. The highest BCUT2D eigenvalue weighted by Gasteiger charge is 2.33. The number of carbonyl (C=O) groups is 1. The molecule has 1 heterocycles. The Morgan fingerprint density at radius 3 is 2.65 bits per heavy atom. The average molecular weight is 496 g/mol. The summed E-state index contributed by atoms with van der Waals surface area (Å²) in [6, 6.07) is 11.6. The monoisotopic (exact) mass is 495 g/mol. The Balaban J connectivity index is 1.27. The number of fused-ring (bicyclic) bond motifs is 1. The van der Waals surface area contributed by atoms with Crippen molar-refractivity contribution < 1.29 is 31.2 Å². The molecule has 1 aliphatic carbocycles. The second-order valence-electron chi connectivity index (χ2n) is 8.12. The highest BCUT2D eigenvalue weighted by Crippen LogP contribution is 2.32. The number of carbonyl (C=O) groups excluding carboxylic acids is 1. The fourth-order valence-electron chi connectivity index (χ4n) is 4.08. The SMILES string of the molecule is O=C(CONC1=CCN(S(=O)(=O)c2cccc(C(F)(F)F)c2)CC1)NC1CCc2ccccc21. The van der Waals surface area contributed by atoms with Gasteiger partial charge in [0.1, 0.15) is 0 Å². The summed E-state index contributed by atoms with van der Waals surface area (Å²) in [7, 11) is -4.08.